The zero-order chi connectivity index (χ0) is 35.3. The standard InChI is InChI=1S/C44H36N8/c45-29-9-1-5-25(21-29)41-33-13-15-35(49-33)42(26-6-2-10-30(46)22-26)37-17-19-39(51-37)44(28-8-4-12-32(48)24-28)40-20-18-38(52-40)43(36-16-14-34(41)50-36)27-7-3-11-31(47)23-27/h1-24,49-52H,45-48H2. The lowest BCUT2D eigenvalue weighted by Gasteiger charge is -2.10. The number of H-pyrrole nitrogens is 4. The number of hydrogen-bond donors (Lipinski definition) is 8. The summed E-state index contributed by atoms with van der Waals surface area (Å²) in [5, 5.41) is 3.70. The number of fused-ring (bicyclic) bond motifs is 8. The van der Waals surface area contributed by atoms with Crippen molar-refractivity contribution < 1.29 is 0 Å². The van der Waals surface area contributed by atoms with Gasteiger partial charge < -0.3 is 42.9 Å². The molecule has 0 saturated heterocycles. The predicted octanol–water partition coefficient (Wildman–Crippen LogP) is 4.63. The Bertz CT molecular complexity index is 2520. The van der Waals surface area contributed by atoms with Gasteiger partial charge in [0.2, 0.25) is 0 Å². The smallest absolute Gasteiger partial charge is 0.0485 e. The molecule has 0 unspecified atom stereocenters. The normalized spacial score (nSPS) is 12.8. The maximum atomic E-state index is 6.37. The number of hydrogen-bond acceptors (Lipinski definition) is 4. The fourth-order valence-electron chi connectivity index (χ4n) is 7.35. The molecule has 1 aliphatic heterocycles. The third-order valence-electron chi connectivity index (χ3n) is 9.60. The number of rotatable bonds is 4. The number of nitrogens with two attached hydrogens (primary N) is 4. The Kier molecular flexibility index (Phi) is 7.22. The maximum Gasteiger partial charge on any atom is 0.0485 e. The van der Waals surface area contributed by atoms with Crippen LogP contribution in [0.15, 0.2) is 146 Å². The molecule has 4 aromatic carbocycles. The molecule has 252 valence electrons. The summed E-state index contributed by atoms with van der Waals surface area (Å²) in [6.45, 7) is 0. The average Bonchev–Trinajstić information content (AvgIpc) is 3.96. The Labute approximate surface area is 299 Å². The van der Waals surface area contributed by atoms with Gasteiger partial charge in [-0.25, -0.2) is 0 Å². The Morgan fingerprint density at radius 3 is 0.750 bits per heavy atom. The second-order valence-corrected chi connectivity index (χ2v) is 13.1. The van der Waals surface area contributed by atoms with E-state index in [0.29, 0.717) is 22.7 Å². The number of aromatic amines is 4. The van der Waals surface area contributed by atoms with Gasteiger partial charge in [-0.1, -0.05) is 48.5 Å². The van der Waals surface area contributed by atoms with Crippen molar-refractivity contribution in [1.82, 2.24) is 19.9 Å². The van der Waals surface area contributed by atoms with Crippen LogP contribution in [0.1, 0.15) is 45.0 Å². The second kappa shape index (κ2) is 12.2. The van der Waals surface area contributed by atoms with Crippen LogP contribution in [0.25, 0.3) is 22.3 Å². The molecule has 4 aromatic heterocycles. The number of benzene rings is 4. The van der Waals surface area contributed by atoms with Gasteiger partial charge in [0.25, 0.3) is 0 Å². The molecule has 0 saturated carbocycles. The minimum Gasteiger partial charge on any atom is -0.399 e. The number of aromatic nitrogens is 4. The molecule has 1 aliphatic rings. The van der Waals surface area contributed by atoms with Crippen molar-refractivity contribution in [3.8, 4) is 0 Å². The van der Waals surface area contributed by atoms with Gasteiger partial charge in [0.05, 0.1) is 0 Å². The van der Waals surface area contributed by atoms with Crippen LogP contribution >= 0.6 is 0 Å². The Hall–Kier alpha value is -7.32. The van der Waals surface area contributed by atoms with Crippen molar-refractivity contribution in [2.24, 2.45) is 0 Å². The minimum absolute atomic E-state index is 0.680. The zero-order valence-electron chi connectivity index (χ0n) is 28.2. The van der Waals surface area contributed by atoms with Crippen LogP contribution in [0.5, 0.6) is 0 Å². The Balaban J connectivity index is 1.45. The van der Waals surface area contributed by atoms with E-state index in [4.69, 9.17) is 22.9 Å². The summed E-state index contributed by atoms with van der Waals surface area (Å²) in [6.07, 6.45) is 0. The molecule has 0 fully saturated rings. The van der Waals surface area contributed by atoms with E-state index >= 15 is 0 Å². The van der Waals surface area contributed by atoms with E-state index in [1.807, 2.05) is 72.8 Å². The highest BCUT2D eigenvalue weighted by molar-refractivity contribution is 5.86. The zero-order valence-corrected chi connectivity index (χ0v) is 28.2. The van der Waals surface area contributed by atoms with E-state index < -0.39 is 0 Å². The van der Waals surface area contributed by atoms with E-state index in [1.165, 1.54) is 0 Å². The van der Waals surface area contributed by atoms with Gasteiger partial charge in [-0.2, -0.15) is 0 Å². The van der Waals surface area contributed by atoms with Crippen molar-refractivity contribution >= 4 is 45.0 Å². The summed E-state index contributed by atoms with van der Waals surface area (Å²) < 4.78 is 0. The third-order valence-corrected chi connectivity index (χ3v) is 9.60. The van der Waals surface area contributed by atoms with Crippen LogP contribution < -0.4 is 44.3 Å². The van der Waals surface area contributed by atoms with Crippen LogP contribution in [0.3, 0.4) is 0 Å². The number of nitrogen functional groups attached to an aromatic ring is 4. The Morgan fingerprint density at radius 2 is 0.519 bits per heavy atom. The van der Waals surface area contributed by atoms with E-state index in [2.05, 4.69) is 92.7 Å². The first-order valence-electron chi connectivity index (χ1n) is 17.1. The highest BCUT2D eigenvalue weighted by atomic mass is 14.8. The largest absolute Gasteiger partial charge is 0.399 e. The highest BCUT2D eigenvalue weighted by Crippen LogP contribution is 2.29. The van der Waals surface area contributed by atoms with Crippen LogP contribution in [-0.2, 0) is 0 Å². The lowest BCUT2D eigenvalue weighted by atomic mass is 10.0. The van der Waals surface area contributed by atoms with Crippen LogP contribution in [0.2, 0.25) is 0 Å². The first-order chi connectivity index (χ1) is 25.4. The SMILES string of the molecule is Nc1cccc(C2=c3ccc([nH]3)=C(c3cccc(N)c3)c3ccc([nH]3)C(c3cccc(N)c3)=c3ccc([nH]3)=C(c3cccc(N)c3)c3ccc2[nH]3)c1. The first kappa shape index (κ1) is 30.7. The fourth-order valence-corrected chi connectivity index (χ4v) is 7.35. The summed E-state index contributed by atoms with van der Waals surface area (Å²) in [5.74, 6) is 0. The van der Waals surface area contributed by atoms with Gasteiger partial charge in [0, 0.05) is 89.2 Å². The topological polar surface area (TPSA) is 167 Å². The predicted molar refractivity (Wildman–Crippen MR) is 212 cm³/mol. The van der Waals surface area contributed by atoms with Crippen molar-refractivity contribution in [2.45, 2.75) is 0 Å². The molecular formula is C44H36N8. The second-order valence-electron chi connectivity index (χ2n) is 13.1. The van der Waals surface area contributed by atoms with Crippen molar-refractivity contribution in [3.05, 3.63) is 212 Å². The molecule has 52 heavy (non-hydrogen) atoms. The molecule has 0 spiro atoms. The van der Waals surface area contributed by atoms with Crippen LogP contribution in [0, 0.1) is 0 Å². The Morgan fingerprint density at radius 1 is 0.269 bits per heavy atom. The monoisotopic (exact) mass is 676 g/mol. The van der Waals surface area contributed by atoms with Crippen LogP contribution in [0.4, 0.5) is 22.7 Å². The molecule has 0 radical (unpaired) electrons. The van der Waals surface area contributed by atoms with E-state index in [9.17, 15) is 0 Å². The lowest BCUT2D eigenvalue weighted by Crippen LogP contribution is -2.19. The summed E-state index contributed by atoms with van der Waals surface area (Å²) >= 11 is 0. The fraction of sp³-hybridized carbons (Fsp3) is 0. The van der Waals surface area contributed by atoms with Crippen molar-refractivity contribution in [2.75, 3.05) is 22.9 Å². The molecule has 9 rings (SSSR count). The summed E-state index contributed by atoms with van der Waals surface area (Å²) in [4.78, 5) is 15.1. The lowest BCUT2D eigenvalue weighted by molar-refractivity contribution is 1.19. The van der Waals surface area contributed by atoms with E-state index in [1.54, 1.807) is 0 Å². The minimum atomic E-state index is 0.680. The summed E-state index contributed by atoms with van der Waals surface area (Å²) in [6, 6.07) is 48.8. The van der Waals surface area contributed by atoms with Crippen LogP contribution in [-0.4, -0.2) is 19.9 Å². The first-order valence-corrected chi connectivity index (χ1v) is 17.1. The van der Waals surface area contributed by atoms with Gasteiger partial charge in [-0.15, -0.1) is 0 Å². The summed E-state index contributed by atoms with van der Waals surface area (Å²) in [7, 11) is 0. The van der Waals surface area contributed by atoms with Gasteiger partial charge in [-0.05, 0) is 119 Å². The molecule has 8 heteroatoms. The molecular weight excluding hydrogens is 641 g/mol. The van der Waals surface area contributed by atoms with E-state index in [0.717, 1.165) is 88.7 Å². The number of nitrogens with one attached hydrogen (secondary N) is 4. The molecule has 12 N–H and O–H groups in total. The van der Waals surface area contributed by atoms with E-state index in [-0.39, 0.29) is 0 Å². The molecule has 8 nitrogen and oxygen atoms in total. The maximum absolute atomic E-state index is 6.37. The van der Waals surface area contributed by atoms with Gasteiger partial charge in [0.1, 0.15) is 0 Å². The average molecular weight is 677 g/mol. The highest BCUT2D eigenvalue weighted by Gasteiger charge is 2.18. The molecule has 0 atom stereocenters. The number of anilines is 4. The van der Waals surface area contributed by atoms with Gasteiger partial charge >= 0.3 is 0 Å². The van der Waals surface area contributed by atoms with Crippen molar-refractivity contribution in [3.63, 3.8) is 0 Å². The molecule has 0 amide bonds. The molecule has 8 aromatic rings. The third kappa shape index (κ3) is 5.45. The van der Waals surface area contributed by atoms with Gasteiger partial charge in [-0.3, -0.25) is 0 Å². The van der Waals surface area contributed by atoms with Crippen molar-refractivity contribution in [1.29, 1.82) is 0 Å². The van der Waals surface area contributed by atoms with Gasteiger partial charge in [0.15, 0.2) is 0 Å². The summed E-state index contributed by atoms with van der Waals surface area (Å²) in [5.41, 5.74) is 39.7. The molecule has 0 aliphatic carbocycles. The quantitative estimate of drug-likeness (QED) is 0.127. The molecule has 5 heterocycles. The molecule has 8 bridgehead atoms.